The molecule has 0 saturated heterocycles. The normalized spacial score (nSPS) is 10.8. The zero-order valence-electron chi connectivity index (χ0n) is 17.1. The standard InChI is InChI=1S/C23H18N8O/c1-15-24-10-11-31(15)22-13-21(27-14-28-22)29-17-3-5-18(6-4-17)30-23(32)16-2-7-19-20(12-16)26-9-8-25-19/h2-14H,1H3,(H,30,32)(H,27,28,29). The molecule has 0 fully saturated rings. The van der Waals surface area contributed by atoms with Crippen molar-refractivity contribution in [2.45, 2.75) is 6.92 Å². The molecule has 0 unspecified atom stereocenters. The Bertz CT molecular complexity index is 1410. The fourth-order valence-electron chi connectivity index (χ4n) is 3.26. The molecule has 0 aliphatic carbocycles. The number of fused-ring (bicyclic) bond motifs is 1. The van der Waals surface area contributed by atoms with E-state index in [4.69, 9.17) is 0 Å². The Labute approximate surface area is 183 Å². The van der Waals surface area contributed by atoms with Gasteiger partial charge in [0.15, 0.2) is 0 Å². The maximum absolute atomic E-state index is 12.6. The van der Waals surface area contributed by atoms with Gasteiger partial charge in [0.1, 0.15) is 23.8 Å². The van der Waals surface area contributed by atoms with E-state index in [2.05, 4.69) is 35.6 Å². The molecular formula is C23H18N8O. The third-order valence-corrected chi connectivity index (χ3v) is 4.87. The van der Waals surface area contributed by atoms with Crippen molar-refractivity contribution in [2.24, 2.45) is 0 Å². The fraction of sp³-hybridized carbons (Fsp3) is 0.0435. The number of carbonyl (C=O) groups is 1. The molecule has 0 spiro atoms. The number of hydrogen-bond acceptors (Lipinski definition) is 7. The molecule has 0 atom stereocenters. The van der Waals surface area contributed by atoms with Gasteiger partial charge in [0.25, 0.3) is 5.91 Å². The van der Waals surface area contributed by atoms with Crippen molar-refractivity contribution in [1.29, 1.82) is 0 Å². The number of amides is 1. The second kappa shape index (κ2) is 8.23. The minimum Gasteiger partial charge on any atom is -0.340 e. The Balaban J connectivity index is 1.28. The molecular weight excluding hydrogens is 404 g/mol. The summed E-state index contributed by atoms with van der Waals surface area (Å²) in [7, 11) is 0. The molecule has 5 rings (SSSR count). The highest BCUT2D eigenvalue weighted by Crippen LogP contribution is 2.20. The number of nitrogens with zero attached hydrogens (tertiary/aromatic N) is 6. The van der Waals surface area contributed by atoms with E-state index in [0.29, 0.717) is 22.6 Å². The molecule has 0 radical (unpaired) electrons. The minimum absolute atomic E-state index is 0.214. The van der Waals surface area contributed by atoms with Gasteiger partial charge in [0.05, 0.1) is 11.0 Å². The second-order valence-corrected chi connectivity index (χ2v) is 7.02. The summed E-state index contributed by atoms with van der Waals surface area (Å²) < 4.78 is 1.88. The Kier molecular flexibility index (Phi) is 4.97. The number of carbonyl (C=O) groups excluding carboxylic acids is 1. The van der Waals surface area contributed by atoms with Crippen LogP contribution >= 0.6 is 0 Å². The summed E-state index contributed by atoms with van der Waals surface area (Å²) in [4.78, 5) is 33.9. The van der Waals surface area contributed by atoms with Crippen molar-refractivity contribution in [1.82, 2.24) is 29.5 Å². The van der Waals surface area contributed by atoms with Gasteiger partial charge in [-0.15, -0.1) is 0 Å². The average Bonchev–Trinajstić information content (AvgIpc) is 3.26. The summed E-state index contributed by atoms with van der Waals surface area (Å²) in [5, 5.41) is 6.14. The molecule has 0 aliphatic heterocycles. The van der Waals surface area contributed by atoms with Crippen LogP contribution < -0.4 is 10.6 Å². The zero-order chi connectivity index (χ0) is 21.9. The van der Waals surface area contributed by atoms with Gasteiger partial charge in [-0.2, -0.15) is 0 Å². The van der Waals surface area contributed by atoms with Crippen molar-refractivity contribution >= 4 is 34.1 Å². The number of imidazole rings is 1. The fourth-order valence-corrected chi connectivity index (χ4v) is 3.26. The lowest BCUT2D eigenvalue weighted by atomic mass is 10.1. The van der Waals surface area contributed by atoms with Gasteiger partial charge in [-0.05, 0) is 49.4 Å². The van der Waals surface area contributed by atoms with E-state index in [9.17, 15) is 4.79 Å². The summed E-state index contributed by atoms with van der Waals surface area (Å²) in [6.07, 6.45) is 8.30. The van der Waals surface area contributed by atoms with Crippen molar-refractivity contribution in [3.8, 4) is 5.82 Å². The van der Waals surface area contributed by atoms with Crippen molar-refractivity contribution in [3.63, 3.8) is 0 Å². The lowest BCUT2D eigenvalue weighted by Gasteiger charge is -2.10. The van der Waals surface area contributed by atoms with Crippen LogP contribution in [0, 0.1) is 6.92 Å². The molecule has 9 nitrogen and oxygen atoms in total. The Morgan fingerprint density at radius 1 is 0.812 bits per heavy atom. The molecule has 2 N–H and O–H groups in total. The number of aromatic nitrogens is 6. The summed E-state index contributed by atoms with van der Waals surface area (Å²) in [5.41, 5.74) is 3.45. The van der Waals surface area contributed by atoms with Gasteiger partial charge in [-0.3, -0.25) is 19.3 Å². The lowest BCUT2D eigenvalue weighted by Crippen LogP contribution is -2.11. The molecule has 3 heterocycles. The van der Waals surface area contributed by atoms with Crippen LogP contribution in [0.3, 0.4) is 0 Å². The summed E-state index contributed by atoms with van der Waals surface area (Å²) in [6, 6.07) is 14.5. The second-order valence-electron chi connectivity index (χ2n) is 7.02. The zero-order valence-corrected chi connectivity index (χ0v) is 17.1. The van der Waals surface area contributed by atoms with E-state index in [-0.39, 0.29) is 5.91 Å². The average molecular weight is 422 g/mol. The number of nitrogens with one attached hydrogen (secondary N) is 2. The summed E-state index contributed by atoms with van der Waals surface area (Å²) in [6.45, 7) is 1.91. The van der Waals surface area contributed by atoms with E-state index in [0.717, 1.165) is 22.8 Å². The highest BCUT2D eigenvalue weighted by atomic mass is 16.1. The first kappa shape index (κ1) is 19.3. The van der Waals surface area contributed by atoms with E-state index in [1.54, 1.807) is 36.8 Å². The summed E-state index contributed by atoms with van der Waals surface area (Å²) in [5.74, 6) is 2.00. The van der Waals surface area contributed by atoms with E-state index in [1.165, 1.54) is 6.33 Å². The number of anilines is 3. The Morgan fingerprint density at radius 3 is 2.38 bits per heavy atom. The predicted molar refractivity (Wildman–Crippen MR) is 121 cm³/mol. The van der Waals surface area contributed by atoms with Gasteiger partial charge in [0, 0.05) is 47.8 Å². The monoisotopic (exact) mass is 422 g/mol. The van der Waals surface area contributed by atoms with Gasteiger partial charge in [0.2, 0.25) is 0 Å². The van der Waals surface area contributed by atoms with Crippen LogP contribution in [0.1, 0.15) is 16.2 Å². The maximum Gasteiger partial charge on any atom is 0.255 e. The number of rotatable bonds is 5. The van der Waals surface area contributed by atoms with Crippen LogP contribution in [0.25, 0.3) is 16.9 Å². The Morgan fingerprint density at radius 2 is 1.59 bits per heavy atom. The number of aryl methyl sites for hydroxylation is 1. The first-order valence-corrected chi connectivity index (χ1v) is 9.87. The largest absolute Gasteiger partial charge is 0.340 e. The Hall–Kier alpha value is -4.66. The molecule has 0 bridgehead atoms. The van der Waals surface area contributed by atoms with Crippen LogP contribution in [-0.4, -0.2) is 35.4 Å². The third-order valence-electron chi connectivity index (χ3n) is 4.87. The molecule has 3 aromatic heterocycles. The van der Waals surface area contributed by atoms with Crippen molar-refractivity contribution < 1.29 is 4.79 Å². The minimum atomic E-state index is -0.214. The first-order chi connectivity index (χ1) is 15.7. The lowest BCUT2D eigenvalue weighted by molar-refractivity contribution is 0.102. The third kappa shape index (κ3) is 3.99. The molecule has 1 amide bonds. The van der Waals surface area contributed by atoms with Gasteiger partial charge in [-0.25, -0.2) is 15.0 Å². The van der Waals surface area contributed by atoms with E-state index < -0.39 is 0 Å². The van der Waals surface area contributed by atoms with Gasteiger partial charge < -0.3 is 10.6 Å². The number of benzene rings is 2. The molecule has 0 aliphatic rings. The highest BCUT2D eigenvalue weighted by Gasteiger charge is 2.09. The molecule has 2 aromatic carbocycles. The maximum atomic E-state index is 12.6. The van der Waals surface area contributed by atoms with Crippen LogP contribution in [0.2, 0.25) is 0 Å². The summed E-state index contributed by atoms with van der Waals surface area (Å²) >= 11 is 0. The topological polar surface area (TPSA) is 111 Å². The smallest absolute Gasteiger partial charge is 0.255 e. The predicted octanol–water partition coefficient (Wildman–Crippen LogP) is 3.91. The van der Waals surface area contributed by atoms with Gasteiger partial charge >= 0.3 is 0 Å². The van der Waals surface area contributed by atoms with Crippen LogP contribution in [0.4, 0.5) is 17.2 Å². The molecule has 9 heteroatoms. The molecule has 32 heavy (non-hydrogen) atoms. The van der Waals surface area contributed by atoms with Crippen LogP contribution in [0.15, 0.2) is 79.6 Å². The SMILES string of the molecule is Cc1nccn1-c1cc(Nc2ccc(NC(=O)c3ccc4nccnc4c3)cc2)ncn1. The van der Waals surface area contributed by atoms with Crippen molar-refractivity contribution in [3.05, 3.63) is 91.0 Å². The first-order valence-electron chi connectivity index (χ1n) is 9.87. The van der Waals surface area contributed by atoms with Crippen LogP contribution in [-0.2, 0) is 0 Å². The number of hydrogen-bond donors (Lipinski definition) is 2. The molecule has 156 valence electrons. The quantitative estimate of drug-likeness (QED) is 0.442. The molecule has 5 aromatic rings. The van der Waals surface area contributed by atoms with Gasteiger partial charge in [-0.1, -0.05) is 0 Å². The van der Waals surface area contributed by atoms with E-state index >= 15 is 0 Å². The molecule has 0 saturated carbocycles. The van der Waals surface area contributed by atoms with E-state index in [1.807, 2.05) is 48.0 Å². The van der Waals surface area contributed by atoms with Crippen LogP contribution in [0.5, 0.6) is 0 Å². The van der Waals surface area contributed by atoms with Crippen molar-refractivity contribution in [2.75, 3.05) is 10.6 Å². The highest BCUT2D eigenvalue weighted by molar-refractivity contribution is 6.05.